The Labute approximate surface area is 287 Å². The molecule has 45 heavy (non-hydrogen) atoms. The monoisotopic (exact) mass is 636 g/mol. The molecule has 0 aromatic rings. The van der Waals surface area contributed by atoms with Crippen molar-refractivity contribution in [3.05, 3.63) is 0 Å². The van der Waals surface area contributed by atoms with Crippen molar-refractivity contribution in [1.82, 2.24) is 5.06 Å². The first kappa shape index (κ1) is 44.9. The summed E-state index contributed by atoms with van der Waals surface area (Å²) >= 11 is 0. The zero-order valence-corrected chi connectivity index (χ0v) is 32.1. The van der Waals surface area contributed by atoms with Gasteiger partial charge in [0.05, 0.1) is 6.61 Å². The Morgan fingerprint density at radius 2 is 0.444 bits per heavy atom. The third kappa shape index (κ3) is 40.0. The molecule has 0 heterocycles. The molecule has 0 radical (unpaired) electrons. The molecule has 0 aromatic heterocycles. The van der Waals surface area contributed by atoms with E-state index in [-0.39, 0.29) is 0 Å². The van der Waals surface area contributed by atoms with Gasteiger partial charge in [-0.15, -0.1) is 0 Å². The lowest BCUT2D eigenvalue weighted by atomic mass is 10.0. The van der Waals surface area contributed by atoms with Gasteiger partial charge in [-0.1, -0.05) is 239 Å². The van der Waals surface area contributed by atoms with Crippen LogP contribution in [0, 0.1) is 0 Å². The molecule has 0 N–H and O–H groups in total. The standard InChI is InChI=1S/C43H89NO/c1-4-7-10-13-16-19-21-23-25-27-29-31-33-36-39-42-44(45-43-40-37-34-18-15-12-9-6-3)41-38-35-32-30-28-26-24-22-20-17-14-11-8-5-2/h4-43H2,1-3H3. The maximum atomic E-state index is 6.35. The Morgan fingerprint density at radius 3 is 0.689 bits per heavy atom. The van der Waals surface area contributed by atoms with Gasteiger partial charge < -0.3 is 0 Å². The van der Waals surface area contributed by atoms with Gasteiger partial charge in [-0.2, -0.15) is 5.06 Å². The summed E-state index contributed by atoms with van der Waals surface area (Å²) in [6.07, 6.45) is 52.6. The van der Waals surface area contributed by atoms with Gasteiger partial charge in [-0.05, 0) is 19.3 Å². The van der Waals surface area contributed by atoms with Crippen molar-refractivity contribution >= 4 is 0 Å². The minimum atomic E-state index is 0.937. The van der Waals surface area contributed by atoms with Crippen LogP contribution in [-0.2, 0) is 4.84 Å². The molecule has 272 valence electrons. The van der Waals surface area contributed by atoms with Gasteiger partial charge in [0.25, 0.3) is 0 Å². The van der Waals surface area contributed by atoms with Crippen LogP contribution in [0.5, 0.6) is 0 Å². The Bertz CT molecular complexity index is 494. The van der Waals surface area contributed by atoms with Crippen molar-refractivity contribution < 1.29 is 4.84 Å². The molecule has 0 rings (SSSR count). The van der Waals surface area contributed by atoms with Gasteiger partial charge in [-0.3, -0.25) is 4.84 Å². The van der Waals surface area contributed by atoms with Crippen molar-refractivity contribution in [3.8, 4) is 0 Å². The summed E-state index contributed by atoms with van der Waals surface area (Å²) in [4.78, 5) is 6.35. The summed E-state index contributed by atoms with van der Waals surface area (Å²) in [5.74, 6) is 0. The van der Waals surface area contributed by atoms with Gasteiger partial charge in [0.2, 0.25) is 0 Å². The second kappa shape index (κ2) is 41.9. The number of rotatable bonds is 41. The van der Waals surface area contributed by atoms with Crippen LogP contribution in [0.3, 0.4) is 0 Å². The minimum absolute atomic E-state index is 0.937. The quantitative estimate of drug-likeness (QED) is 0.0489. The zero-order valence-electron chi connectivity index (χ0n) is 32.1. The molecule has 0 aliphatic rings. The summed E-state index contributed by atoms with van der Waals surface area (Å²) in [6.45, 7) is 10.2. The summed E-state index contributed by atoms with van der Waals surface area (Å²) < 4.78 is 0. The lowest BCUT2D eigenvalue weighted by Gasteiger charge is -2.22. The first-order valence-electron chi connectivity index (χ1n) is 21.7. The molecule has 2 heteroatoms. The molecule has 2 nitrogen and oxygen atoms in total. The minimum Gasteiger partial charge on any atom is -0.299 e. The molecular weight excluding hydrogens is 546 g/mol. The predicted molar refractivity (Wildman–Crippen MR) is 205 cm³/mol. The van der Waals surface area contributed by atoms with Crippen LogP contribution in [0.4, 0.5) is 0 Å². The van der Waals surface area contributed by atoms with Crippen LogP contribution < -0.4 is 0 Å². The van der Waals surface area contributed by atoms with Gasteiger partial charge in [0.15, 0.2) is 0 Å². The Balaban J connectivity index is 3.85. The number of hydrogen-bond acceptors (Lipinski definition) is 2. The van der Waals surface area contributed by atoms with Crippen LogP contribution in [0.25, 0.3) is 0 Å². The first-order valence-corrected chi connectivity index (χ1v) is 21.7. The van der Waals surface area contributed by atoms with Crippen molar-refractivity contribution in [1.29, 1.82) is 0 Å². The molecule has 0 bridgehead atoms. The van der Waals surface area contributed by atoms with Gasteiger partial charge in [-0.25, -0.2) is 0 Å². The number of hydroxylamine groups is 2. The fraction of sp³-hybridized carbons (Fsp3) is 1.00. The third-order valence-electron chi connectivity index (χ3n) is 10.0. The molecule has 0 aliphatic heterocycles. The van der Waals surface area contributed by atoms with E-state index in [9.17, 15) is 0 Å². The number of unbranched alkanes of at least 4 members (excludes halogenated alkanes) is 34. The van der Waals surface area contributed by atoms with Crippen molar-refractivity contribution in [2.45, 2.75) is 258 Å². The van der Waals surface area contributed by atoms with E-state index in [0.717, 1.165) is 19.7 Å². The third-order valence-corrected chi connectivity index (χ3v) is 10.0. The summed E-state index contributed by atoms with van der Waals surface area (Å²) in [7, 11) is 0. The molecule has 0 fully saturated rings. The van der Waals surface area contributed by atoms with E-state index in [2.05, 4.69) is 25.8 Å². The summed E-state index contributed by atoms with van der Waals surface area (Å²) in [5, 5.41) is 2.37. The smallest absolute Gasteiger partial charge is 0.0685 e. The van der Waals surface area contributed by atoms with E-state index in [1.807, 2.05) is 0 Å². The van der Waals surface area contributed by atoms with E-state index >= 15 is 0 Å². The predicted octanol–water partition coefficient (Wildman–Crippen LogP) is 15.7. The largest absolute Gasteiger partial charge is 0.299 e. The van der Waals surface area contributed by atoms with Crippen LogP contribution in [0.15, 0.2) is 0 Å². The Morgan fingerprint density at radius 1 is 0.244 bits per heavy atom. The van der Waals surface area contributed by atoms with Crippen molar-refractivity contribution in [2.24, 2.45) is 0 Å². The number of nitrogens with zero attached hydrogens (tertiary/aromatic N) is 1. The highest BCUT2D eigenvalue weighted by Gasteiger charge is 2.06. The van der Waals surface area contributed by atoms with E-state index in [1.165, 1.54) is 238 Å². The average molecular weight is 636 g/mol. The Kier molecular flexibility index (Phi) is 41.9. The van der Waals surface area contributed by atoms with E-state index in [0.29, 0.717) is 0 Å². The fourth-order valence-corrected chi connectivity index (χ4v) is 6.81. The molecule has 0 atom stereocenters. The molecule has 0 aliphatic carbocycles. The maximum absolute atomic E-state index is 6.35. The molecule has 0 aromatic carbocycles. The van der Waals surface area contributed by atoms with Crippen molar-refractivity contribution in [2.75, 3.05) is 19.7 Å². The molecule has 0 saturated carbocycles. The normalized spacial score (nSPS) is 11.7. The van der Waals surface area contributed by atoms with Crippen molar-refractivity contribution in [3.63, 3.8) is 0 Å². The summed E-state index contributed by atoms with van der Waals surface area (Å²) in [6, 6.07) is 0. The second-order valence-electron chi connectivity index (χ2n) is 14.8. The van der Waals surface area contributed by atoms with Gasteiger partial charge >= 0.3 is 0 Å². The zero-order chi connectivity index (χ0) is 32.6. The average Bonchev–Trinajstić information content (AvgIpc) is 3.05. The van der Waals surface area contributed by atoms with E-state index < -0.39 is 0 Å². The number of hydrogen-bond donors (Lipinski definition) is 0. The van der Waals surface area contributed by atoms with E-state index in [4.69, 9.17) is 4.84 Å². The van der Waals surface area contributed by atoms with Gasteiger partial charge in [0, 0.05) is 13.1 Å². The maximum Gasteiger partial charge on any atom is 0.0685 e. The summed E-state index contributed by atoms with van der Waals surface area (Å²) in [5.41, 5.74) is 0. The lowest BCUT2D eigenvalue weighted by Crippen LogP contribution is -2.27. The SMILES string of the molecule is CCCCCCCCCCCCCCCCCN(CCCCCCCCCCCCCCCC)OCCCCCCCCCC. The second-order valence-corrected chi connectivity index (χ2v) is 14.8. The topological polar surface area (TPSA) is 12.5 Å². The molecule has 0 spiro atoms. The lowest BCUT2D eigenvalue weighted by molar-refractivity contribution is -0.161. The van der Waals surface area contributed by atoms with Gasteiger partial charge in [0.1, 0.15) is 0 Å². The molecular formula is C43H89NO. The van der Waals surface area contributed by atoms with Crippen LogP contribution >= 0.6 is 0 Å². The Hall–Kier alpha value is -0.0800. The van der Waals surface area contributed by atoms with Crippen LogP contribution in [0.1, 0.15) is 258 Å². The molecule has 0 unspecified atom stereocenters. The fourth-order valence-electron chi connectivity index (χ4n) is 6.81. The molecule has 0 amide bonds. The van der Waals surface area contributed by atoms with E-state index in [1.54, 1.807) is 0 Å². The van der Waals surface area contributed by atoms with Crippen LogP contribution in [0.2, 0.25) is 0 Å². The van der Waals surface area contributed by atoms with Crippen LogP contribution in [-0.4, -0.2) is 24.8 Å². The highest BCUT2D eigenvalue weighted by Crippen LogP contribution is 2.16. The highest BCUT2D eigenvalue weighted by molar-refractivity contribution is 4.55. The molecule has 0 saturated heterocycles. The first-order chi connectivity index (χ1) is 22.3. The highest BCUT2D eigenvalue weighted by atomic mass is 16.7.